The summed E-state index contributed by atoms with van der Waals surface area (Å²) in [5.41, 5.74) is 7.33. The van der Waals surface area contributed by atoms with Crippen LogP contribution in [0.2, 0.25) is 0 Å². The Hall–Kier alpha value is -1.88. The van der Waals surface area contributed by atoms with E-state index in [-0.39, 0.29) is 18.4 Å². The summed E-state index contributed by atoms with van der Waals surface area (Å²) < 4.78 is 0. The molecule has 0 bridgehead atoms. The van der Waals surface area contributed by atoms with E-state index in [1.165, 1.54) is 11.3 Å². The Kier molecular flexibility index (Phi) is 3.94. The quantitative estimate of drug-likeness (QED) is 0.886. The number of aromatic nitrogens is 1. The minimum Gasteiger partial charge on any atom is -0.375 e. The van der Waals surface area contributed by atoms with Crippen LogP contribution in [0.4, 0.5) is 5.13 Å². The van der Waals surface area contributed by atoms with Gasteiger partial charge in [0.1, 0.15) is 0 Å². The fraction of sp³-hybridized carbons (Fsp3) is 0.231. The van der Waals surface area contributed by atoms with Crippen LogP contribution in [-0.4, -0.2) is 10.9 Å². The SMILES string of the molecule is C[C@@H](NC(=O)Cc1csc(N)n1)c1ccccc1. The van der Waals surface area contributed by atoms with Gasteiger partial charge in [-0.25, -0.2) is 4.98 Å². The van der Waals surface area contributed by atoms with E-state index in [1.807, 2.05) is 42.6 Å². The van der Waals surface area contributed by atoms with E-state index < -0.39 is 0 Å². The molecule has 18 heavy (non-hydrogen) atoms. The van der Waals surface area contributed by atoms with Crippen molar-refractivity contribution in [1.82, 2.24) is 10.3 Å². The van der Waals surface area contributed by atoms with Gasteiger partial charge in [-0.3, -0.25) is 4.79 Å². The first kappa shape index (κ1) is 12.6. The number of hydrogen-bond acceptors (Lipinski definition) is 4. The number of carbonyl (C=O) groups is 1. The Bertz CT molecular complexity index is 524. The van der Waals surface area contributed by atoms with Gasteiger partial charge >= 0.3 is 0 Å². The van der Waals surface area contributed by atoms with E-state index in [0.717, 1.165) is 11.3 Å². The summed E-state index contributed by atoms with van der Waals surface area (Å²) in [5.74, 6) is -0.0448. The van der Waals surface area contributed by atoms with Crippen molar-refractivity contribution >= 4 is 22.4 Å². The van der Waals surface area contributed by atoms with Gasteiger partial charge in [-0.15, -0.1) is 11.3 Å². The number of thiazole rings is 1. The van der Waals surface area contributed by atoms with E-state index in [4.69, 9.17) is 5.73 Å². The highest BCUT2D eigenvalue weighted by Crippen LogP contribution is 2.13. The first-order valence-corrected chi connectivity index (χ1v) is 6.57. The summed E-state index contributed by atoms with van der Waals surface area (Å²) in [4.78, 5) is 15.9. The van der Waals surface area contributed by atoms with Crippen LogP contribution < -0.4 is 11.1 Å². The van der Waals surface area contributed by atoms with Gasteiger partial charge in [0.2, 0.25) is 5.91 Å². The molecule has 0 saturated carbocycles. The van der Waals surface area contributed by atoms with Gasteiger partial charge in [-0.05, 0) is 12.5 Å². The Morgan fingerprint density at radius 3 is 2.78 bits per heavy atom. The maximum atomic E-state index is 11.8. The second-order valence-electron chi connectivity index (χ2n) is 4.05. The van der Waals surface area contributed by atoms with Crippen LogP contribution in [0, 0.1) is 0 Å². The molecule has 0 unspecified atom stereocenters. The van der Waals surface area contributed by atoms with Crippen molar-refractivity contribution in [2.24, 2.45) is 0 Å². The second kappa shape index (κ2) is 5.64. The van der Waals surface area contributed by atoms with Crippen molar-refractivity contribution < 1.29 is 4.79 Å². The first-order valence-electron chi connectivity index (χ1n) is 5.69. The average molecular weight is 261 g/mol. The molecule has 0 fully saturated rings. The second-order valence-corrected chi connectivity index (χ2v) is 4.94. The molecule has 2 aromatic rings. The van der Waals surface area contributed by atoms with Crippen molar-refractivity contribution in [3.05, 3.63) is 47.0 Å². The Morgan fingerprint density at radius 2 is 2.17 bits per heavy atom. The lowest BCUT2D eigenvalue weighted by molar-refractivity contribution is -0.121. The molecular weight excluding hydrogens is 246 g/mol. The minimum atomic E-state index is -0.0448. The van der Waals surface area contributed by atoms with E-state index in [2.05, 4.69) is 10.3 Å². The van der Waals surface area contributed by atoms with Crippen LogP contribution in [0.5, 0.6) is 0 Å². The third-order valence-electron chi connectivity index (χ3n) is 2.59. The lowest BCUT2D eigenvalue weighted by atomic mass is 10.1. The highest BCUT2D eigenvalue weighted by Gasteiger charge is 2.11. The molecule has 0 aliphatic heterocycles. The highest BCUT2D eigenvalue weighted by molar-refractivity contribution is 7.13. The third kappa shape index (κ3) is 3.30. The Morgan fingerprint density at radius 1 is 1.44 bits per heavy atom. The molecule has 1 aromatic carbocycles. The van der Waals surface area contributed by atoms with Gasteiger partial charge in [0.05, 0.1) is 18.2 Å². The maximum absolute atomic E-state index is 11.8. The summed E-state index contributed by atoms with van der Waals surface area (Å²) >= 11 is 1.35. The predicted octanol–water partition coefficient (Wildman–Crippen LogP) is 2.15. The smallest absolute Gasteiger partial charge is 0.226 e. The number of nitrogen functional groups attached to an aromatic ring is 1. The lowest BCUT2D eigenvalue weighted by Gasteiger charge is -2.13. The zero-order valence-electron chi connectivity index (χ0n) is 10.1. The zero-order valence-corrected chi connectivity index (χ0v) is 10.9. The van der Waals surface area contributed by atoms with E-state index in [1.54, 1.807) is 0 Å². The number of amides is 1. The fourth-order valence-electron chi connectivity index (χ4n) is 1.69. The number of nitrogens with zero attached hydrogens (tertiary/aromatic N) is 1. The molecule has 0 spiro atoms. The molecule has 5 heteroatoms. The Labute approximate surface area is 110 Å². The molecule has 0 aliphatic carbocycles. The van der Waals surface area contributed by atoms with Crippen LogP contribution in [-0.2, 0) is 11.2 Å². The van der Waals surface area contributed by atoms with Crippen LogP contribution >= 0.6 is 11.3 Å². The molecule has 1 amide bonds. The third-order valence-corrected chi connectivity index (χ3v) is 3.31. The minimum absolute atomic E-state index is 0.00492. The van der Waals surface area contributed by atoms with Gasteiger partial charge < -0.3 is 11.1 Å². The zero-order chi connectivity index (χ0) is 13.0. The van der Waals surface area contributed by atoms with E-state index >= 15 is 0 Å². The monoisotopic (exact) mass is 261 g/mol. The highest BCUT2D eigenvalue weighted by atomic mass is 32.1. The number of anilines is 1. The van der Waals surface area contributed by atoms with Crippen LogP contribution in [0.3, 0.4) is 0 Å². The lowest BCUT2D eigenvalue weighted by Crippen LogP contribution is -2.28. The van der Waals surface area contributed by atoms with Crippen molar-refractivity contribution in [2.45, 2.75) is 19.4 Å². The van der Waals surface area contributed by atoms with Crippen LogP contribution in [0.25, 0.3) is 0 Å². The molecule has 1 aromatic heterocycles. The normalized spacial score (nSPS) is 12.1. The van der Waals surface area contributed by atoms with Gasteiger partial charge in [0.25, 0.3) is 0 Å². The summed E-state index contributed by atoms with van der Waals surface area (Å²) in [6, 6.07) is 9.85. The summed E-state index contributed by atoms with van der Waals surface area (Å²) in [6.07, 6.45) is 0.269. The van der Waals surface area contributed by atoms with Crippen molar-refractivity contribution in [3.8, 4) is 0 Å². The molecule has 3 N–H and O–H groups in total. The predicted molar refractivity (Wildman–Crippen MR) is 73.2 cm³/mol. The van der Waals surface area contributed by atoms with Crippen molar-refractivity contribution in [3.63, 3.8) is 0 Å². The number of carbonyl (C=O) groups excluding carboxylic acids is 1. The van der Waals surface area contributed by atoms with Crippen LogP contribution in [0.1, 0.15) is 24.2 Å². The van der Waals surface area contributed by atoms with Crippen molar-refractivity contribution in [1.29, 1.82) is 0 Å². The maximum Gasteiger partial charge on any atom is 0.226 e. The number of nitrogens with two attached hydrogens (primary N) is 1. The standard InChI is InChI=1S/C13H15N3OS/c1-9(10-5-3-2-4-6-10)15-12(17)7-11-8-18-13(14)16-11/h2-6,8-9H,7H2,1H3,(H2,14,16)(H,15,17)/t9-/m1/s1. The average Bonchev–Trinajstić information content (AvgIpc) is 2.75. The largest absolute Gasteiger partial charge is 0.375 e. The Balaban J connectivity index is 1.92. The van der Waals surface area contributed by atoms with E-state index in [9.17, 15) is 4.79 Å². The summed E-state index contributed by atoms with van der Waals surface area (Å²) in [5, 5.41) is 5.24. The van der Waals surface area contributed by atoms with Gasteiger partial charge in [-0.1, -0.05) is 30.3 Å². The molecular formula is C13H15N3OS. The molecule has 1 atom stereocenters. The molecule has 0 aliphatic rings. The van der Waals surface area contributed by atoms with Gasteiger partial charge in [0.15, 0.2) is 5.13 Å². The molecule has 4 nitrogen and oxygen atoms in total. The van der Waals surface area contributed by atoms with E-state index in [0.29, 0.717) is 5.13 Å². The van der Waals surface area contributed by atoms with Gasteiger partial charge in [0, 0.05) is 5.38 Å². The number of nitrogens with one attached hydrogen (secondary N) is 1. The molecule has 2 rings (SSSR count). The number of benzene rings is 1. The van der Waals surface area contributed by atoms with Gasteiger partial charge in [-0.2, -0.15) is 0 Å². The number of hydrogen-bond donors (Lipinski definition) is 2. The first-order chi connectivity index (χ1) is 8.65. The summed E-state index contributed by atoms with van der Waals surface area (Å²) in [7, 11) is 0. The van der Waals surface area contributed by atoms with Crippen LogP contribution in [0.15, 0.2) is 35.7 Å². The summed E-state index contributed by atoms with van der Waals surface area (Å²) in [6.45, 7) is 1.96. The molecule has 0 radical (unpaired) electrons. The fourth-order valence-corrected chi connectivity index (χ4v) is 2.25. The topological polar surface area (TPSA) is 68.0 Å². The van der Waals surface area contributed by atoms with Crippen molar-refractivity contribution in [2.75, 3.05) is 5.73 Å². The molecule has 0 saturated heterocycles. The number of rotatable bonds is 4. The molecule has 94 valence electrons. The molecule has 1 heterocycles.